The van der Waals surface area contributed by atoms with Crippen molar-refractivity contribution in [3.8, 4) is 0 Å². The number of non-ortho nitro benzene ring substituents is 1. The third kappa shape index (κ3) is 3.11. The molecule has 0 saturated heterocycles. The Balaban J connectivity index is 2.13. The number of hydrogen-bond acceptors (Lipinski definition) is 4. The molecular weight excluding hydrogens is 254 g/mol. The molecule has 0 bridgehead atoms. The van der Waals surface area contributed by atoms with Gasteiger partial charge in [-0.25, -0.2) is 0 Å². The van der Waals surface area contributed by atoms with Gasteiger partial charge in [-0.05, 0) is 36.4 Å². The fourth-order valence-corrected chi connectivity index (χ4v) is 1.39. The molecule has 0 saturated carbocycles. The van der Waals surface area contributed by atoms with Crippen molar-refractivity contribution in [2.75, 3.05) is 0 Å². The van der Waals surface area contributed by atoms with E-state index in [1.165, 1.54) is 24.3 Å². The molecule has 0 unspecified atom stereocenters. The number of nitro groups is 1. The van der Waals surface area contributed by atoms with Crippen LogP contribution in [0.15, 0.2) is 58.8 Å². The first-order chi connectivity index (χ1) is 8.65. The Labute approximate surface area is 108 Å². The summed E-state index contributed by atoms with van der Waals surface area (Å²) < 4.78 is 0. The minimum Gasteiger partial charge on any atom is -0.258 e. The minimum atomic E-state index is -0.458. The average Bonchev–Trinajstić information content (AvgIpc) is 2.38. The molecule has 5 nitrogen and oxygen atoms in total. The van der Waals surface area contributed by atoms with Crippen molar-refractivity contribution >= 4 is 28.7 Å². The zero-order valence-electron chi connectivity index (χ0n) is 9.15. The average molecular weight is 262 g/mol. The molecule has 90 valence electrons. The molecule has 0 radical (unpaired) electrons. The van der Waals surface area contributed by atoms with Crippen molar-refractivity contribution in [2.45, 2.75) is 0 Å². The van der Waals surface area contributed by atoms with Crippen molar-refractivity contribution in [3.05, 3.63) is 63.7 Å². The maximum Gasteiger partial charge on any atom is 0.269 e. The van der Waals surface area contributed by atoms with Crippen molar-refractivity contribution in [1.29, 1.82) is 0 Å². The Morgan fingerprint density at radius 2 is 1.33 bits per heavy atom. The van der Waals surface area contributed by atoms with E-state index in [0.717, 1.165) is 0 Å². The summed E-state index contributed by atoms with van der Waals surface area (Å²) >= 11 is 5.74. The molecule has 2 aromatic rings. The van der Waals surface area contributed by atoms with Crippen LogP contribution in [0.2, 0.25) is 5.02 Å². The number of nitrogens with zero attached hydrogens (tertiary/aromatic N) is 3. The van der Waals surface area contributed by atoms with Gasteiger partial charge in [0.2, 0.25) is 0 Å². The van der Waals surface area contributed by atoms with Crippen LogP contribution in [0.1, 0.15) is 0 Å². The molecule has 2 aromatic carbocycles. The highest BCUT2D eigenvalue weighted by Crippen LogP contribution is 2.22. The van der Waals surface area contributed by atoms with Crippen molar-refractivity contribution in [1.82, 2.24) is 0 Å². The second kappa shape index (κ2) is 5.37. The summed E-state index contributed by atoms with van der Waals surface area (Å²) in [5.41, 5.74) is 1.24. The van der Waals surface area contributed by atoms with E-state index < -0.39 is 4.92 Å². The van der Waals surface area contributed by atoms with Crippen LogP contribution in [0.5, 0.6) is 0 Å². The standard InChI is InChI=1S/C12H8ClN3O2/c13-9-1-3-10(4-2-9)14-15-11-5-7-12(8-6-11)16(17)18/h1-8H. The first kappa shape index (κ1) is 12.2. The largest absolute Gasteiger partial charge is 0.269 e. The zero-order valence-corrected chi connectivity index (χ0v) is 9.91. The monoisotopic (exact) mass is 261 g/mol. The molecule has 0 aliphatic rings. The van der Waals surface area contributed by atoms with Crippen LogP contribution in [0.25, 0.3) is 0 Å². The van der Waals surface area contributed by atoms with Gasteiger partial charge in [0, 0.05) is 17.2 Å². The number of nitro benzene ring substituents is 1. The van der Waals surface area contributed by atoms with Crippen molar-refractivity contribution < 1.29 is 4.92 Å². The first-order valence-electron chi connectivity index (χ1n) is 5.07. The summed E-state index contributed by atoms with van der Waals surface area (Å²) in [7, 11) is 0. The molecule has 0 N–H and O–H groups in total. The summed E-state index contributed by atoms with van der Waals surface area (Å²) in [5, 5.41) is 19.0. The van der Waals surface area contributed by atoms with Crippen LogP contribution < -0.4 is 0 Å². The maximum absolute atomic E-state index is 10.5. The molecule has 0 aromatic heterocycles. The van der Waals surface area contributed by atoms with E-state index in [2.05, 4.69) is 10.2 Å². The molecule has 0 heterocycles. The maximum atomic E-state index is 10.5. The van der Waals surface area contributed by atoms with E-state index in [9.17, 15) is 10.1 Å². The Morgan fingerprint density at radius 1 is 0.889 bits per heavy atom. The van der Waals surface area contributed by atoms with E-state index in [1.54, 1.807) is 24.3 Å². The molecule has 0 fully saturated rings. The van der Waals surface area contributed by atoms with Crippen LogP contribution in [0.4, 0.5) is 17.1 Å². The van der Waals surface area contributed by atoms with Gasteiger partial charge in [0.1, 0.15) is 0 Å². The van der Waals surface area contributed by atoms with E-state index >= 15 is 0 Å². The summed E-state index contributed by atoms with van der Waals surface area (Å²) in [6.07, 6.45) is 0. The lowest BCUT2D eigenvalue weighted by Crippen LogP contribution is -1.85. The lowest BCUT2D eigenvalue weighted by molar-refractivity contribution is -0.384. The van der Waals surface area contributed by atoms with Gasteiger partial charge < -0.3 is 0 Å². The quantitative estimate of drug-likeness (QED) is 0.458. The highest BCUT2D eigenvalue weighted by atomic mass is 35.5. The minimum absolute atomic E-state index is 0.0282. The van der Waals surface area contributed by atoms with E-state index in [-0.39, 0.29) is 5.69 Å². The Kier molecular flexibility index (Phi) is 3.64. The second-order valence-corrected chi connectivity index (χ2v) is 3.89. The third-order valence-electron chi connectivity index (χ3n) is 2.17. The van der Waals surface area contributed by atoms with Crippen molar-refractivity contribution in [2.24, 2.45) is 10.2 Å². The summed E-state index contributed by atoms with van der Waals surface area (Å²) in [4.78, 5) is 10.0. The predicted molar refractivity (Wildman–Crippen MR) is 68.7 cm³/mol. The van der Waals surface area contributed by atoms with Gasteiger partial charge in [0.05, 0.1) is 16.3 Å². The molecule has 2 rings (SSSR count). The fourth-order valence-electron chi connectivity index (χ4n) is 1.26. The summed E-state index contributed by atoms with van der Waals surface area (Å²) in [5.74, 6) is 0. The number of hydrogen-bond donors (Lipinski definition) is 0. The second-order valence-electron chi connectivity index (χ2n) is 3.45. The predicted octanol–water partition coefficient (Wildman–Crippen LogP) is 4.66. The lowest BCUT2D eigenvalue weighted by Gasteiger charge is -1.94. The lowest BCUT2D eigenvalue weighted by atomic mass is 10.3. The Morgan fingerprint density at radius 3 is 1.78 bits per heavy atom. The van der Waals surface area contributed by atoms with Gasteiger partial charge in [-0.15, -0.1) is 0 Å². The van der Waals surface area contributed by atoms with Gasteiger partial charge in [-0.1, -0.05) is 11.6 Å². The third-order valence-corrected chi connectivity index (χ3v) is 2.42. The van der Waals surface area contributed by atoms with Crippen LogP contribution >= 0.6 is 11.6 Å². The molecule has 18 heavy (non-hydrogen) atoms. The molecular formula is C12H8ClN3O2. The number of azo groups is 1. The van der Waals surface area contributed by atoms with Gasteiger partial charge in [0.25, 0.3) is 5.69 Å². The number of rotatable bonds is 3. The Bertz CT molecular complexity index is 579. The summed E-state index contributed by atoms with van der Waals surface area (Å²) in [6.45, 7) is 0. The molecule has 0 aliphatic carbocycles. The van der Waals surface area contributed by atoms with Crippen LogP contribution in [0.3, 0.4) is 0 Å². The molecule has 6 heteroatoms. The highest BCUT2D eigenvalue weighted by Gasteiger charge is 2.02. The SMILES string of the molecule is O=[N+]([O-])c1ccc(N=Nc2ccc(Cl)cc2)cc1. The topological polar surface area (TPSA) is 67.9 Å². The molecule has 0 aliphatic heterocycles. The van der Waals surface area contributed by atoms with Crippen molar-refractivity contribution in [3.63, 3.8) is 0 Å². The summed E-state index contributed by atoms with van der Waals surface area (Å²) in [6, 6.07) is 12.7. The smallest absolute Gasteiger partial charge is 0.258 e. The normalized spacial score (nSPS) is 10.7. The van der Waals surface area contributed by atoms with E-state index in [0.29, 0.717) is 16.4 Å². The van der Waals surface area contributed by atoms with Gasteiger partial charge in [0.15, 0.2) is 0 Å². The molecule has 0 amide bonds. The number of benzene rings is 2. The van der Waals surface area contributed by atoms with Crippen LogP contribution in [-0.2, 0) is 0 Å². The number of halogens is 1. The van der Waals surface area contributed by atoms with E-state index in [1.807, 2.05) is 0 Å². The fraction of sp³-hybridized carbons (Fsp3) is 0. The van der Waals surface area contributed by atoms with Gasteiger partial charge >= 0.3 is 0 Å². The highest BCUT2D eigenvalue weighted by molar-refractivity contribution is 6.30. The molecule has 0 atom stereocenters. The Hall–Kier alpha value is -2.27. The van der Waals surface area contributed by atoms with Crippen LogP contribution in [-0.4, -0.2) is 4.92 Å². The van der Waals surface area contributed by atoms with Crippen LogP contribution in [0, 0.1) is 10.1 Å². The van der Waals surface area contributed by atoms with Gasteiger partial charge in [-0.3, -0.25) is 10.1 Å². The zero-order chi connectivity index (χ0) is 13.0. The van der Waals surface area contributed by atoms with E-state index in [4.69, 9.17) is 11.6 Å². The van der Waals surface area contributed by atoms with Gasteiger partial charge in [-0.2, -0.15) is 10.2 Å². The molecule has 0 spiro atoms. The first-order valence-corrected chi connectivity index (χ1v) is 5.45.